The van der Waals surface area contributed by atoms with E-state index in [1.54, 1.807) is 13.8 Å². The molecule has 1 N–H and O–H groups in total. The van der Waals surface area contributed by atoms with Gasteiger partial charge >= 0.3 is 0 Å². The molecule has 0 amide bonds. The van der Waals surface area contributed by atoms with Gasteiger partial charge in [0, 0.05) is 23.6 Å². The second-order valence-corrected chi connectivity index (χ2v) is 15.2. The van der Waals surface area contributed by atoms with Crippen LogP contribution < -0.4 is 0 Å². The Kier molecular flexibility index (Phi) is 5.00. The van der Waals surface area contributed by atoms with E-state index < -0.39 is 24.5 Å². The summed E-state index contributed by atoms with van der Waals surface area (Å²) in [4.78, 5) is 0. The van der Waals surface area contributed by atoms with E-state index in [1.165, 1.54) is 0 Å². The van der Waals surface area contributed by atoms with Gasteiger partial charge in [0.05, 0.1) is 10.9 Å². The fourth-order valence-corrected chi connectivity index (χ4v) is 6.67. The van der Waals surface area contributed by atoms with Crippen molar-refractivity contribution in [3.63, 3.8) is 0 Å². The highest BCUT2D eigenvalue weighted by Gasteiger charge is 2.40. The Morgan fingerprint density at radius 2 is 1.50 bits per heavy atom. The molecule has 0 saturated heterocycles. The summed E-state index contributed by atoms with van der Waals surface area (Å²) >= 11 is 0. The molecule has 0 rings (SSSR count). The Labute approximate surface area is 104 Å². The van der Waals surface area contributed by atoms with Crippen LogP contribution in [-0.4, -0.2) is 33.0 Å². The zero-order valence-electron chi connectivity index (χ0n) is 12.0. The zero-order valence-corrected chi connectivity index (χ0v) is 13.9. The summed E-state index contributed by atoms with van der Waals surface area (Å²) in [6, 6.07) is 0.903. The molecule has 0 aliphatic carbocycles. The SMILES string of the molecule is CC(C)(O)[C@@H](C[Si](C)(C)C)[S@@](=O)C(C)(C)C. The summed E-state index contributed by atoms with van der Waals surface area (Å²) in [5, 5.41) is 10.1. The van der Waals surface area contributed by atoms with Crippen molar-refractivity contribution in [1.82, 2.24) is 0 Å². The minimum Gasteiger partial charge on any atom is -0.389 e. The smallest absolute Gasteiger partial charge is 0.0732 e. The third kappa shape index (κ3) is 5.59. The molecule has 0 fully saturated rings. The molecule has 2 atom stereocenters. The number of aliphatic hydroxyl groups is 1. The maximum Gasteiger partial charge on any atom is 0.0732 e. The number of hydrogen-bond acceptors (Lipinski definition) is 2. The van der Waals surface area contributed by atoms with Crippen molar-refractivity contribution in [2.45, 2.75) is 75.9 Å². The van der Waals surface area contributed by atoms with Gasteiger partial charge in [-0.2, -0.15) is 0 Å². The van der Waals surface area contributed by atoms with Crippen LogP contribution in [0.15, 0.2) is 0 Å². The first-order chi connectivity index (χ1) is 6.75. The van der Waals surface area contributed by atoms with Crippen LogP contribution >= 0.6 is 0 Å². The second kappa shape index (κ2) is 4.90. The lowest BCUT2D eigenvalue weighted by molar-refractivity contribution is 0.0801. The summed E-state index contributed by atoms with van der Waals surface area (Å²) in [6.07, 6.45) is 0. The molecule has 0 aromatic rings. The van der Waals surface area contributed by atoms with Gasteiger partial charge in [-0.1, -0.05) is 19.6 Å². The van der Waals surface area contributed by atoms with Crippen molar-refractivity contribution in [2.24, 2.45) is 0 Å². The highest BCUT2D eigenvalue weighted by molar-refractivity contribution is 7.87. The Morgan fingerprint density at radius 3 is 1.69 bits per heavy atom. The van der Waals surface area contributed by atoms with E-state index in [1.807, 2.05) is 20.8 Å². The van der Waals surface area contributed by atoms with Crippen LogP contribution in [0.25, 0.3) is 0 Å². The first-order valence-corrected chi connectivity index (χ1v) is 10.8. The molecular formula is C12H28O2SSi. The van der Waals surface area contributed by atoms with Crippen molar-refractivity contribution < 1.29 is 9.32 Å². The molecule has 16 heavy (non-hydrogen) atoms. The Morgan fingerprint density at radius 1 is 1.12 bits per heavy atom. The third-order valence-corrected chi connectivity index (χ3v) is 6.84. The van der Waals surface area contributed by atoms with Crippen molar-refractivity contribution in [2.75, 3.05) is 0 Å². The molecule has 98 valence electrons. The molecule has 4 heteroatoms. The fourth-order valence-electron chi connectivity index (χ4n) is 1.57. The molecule has 2 nitrogen and oxygen atoms in total. The molecule has 0 radical (unpaired) electrons. The van der Waals surface area contributed by atoms with Crippen LogP contribution in [0, 0.1) is 0 Å². The normalized spacial score (nSPS) is 18.3. The summed E-state index contributed by atoms with van der Waals surface area (Å²) in [5.41, 5.74) is -0.863. The van der Waals surface area contributed by atoms with Crippen molar-refractivity contribution in [3.05, 3.63) is 0 Å². The second-order valence-electron chi connectivity index (χ2n) is 7.32. The maximum atomic E-state index is 12.5. The summed E-state index contributed by atoms with van der Waals surface area (Å²) in [7, 11) is -2.33. The van der Waals surface area contributed by atoms with Gasteiger partial charge in [-0.05, 0) is 40.7 Å². The first-order valence-electron chi connectivity index (χ1n) is 5.88. The number of hydrogen-bond donors (Lipinski definition) is 1. The molecule has 0 saturated carbocycles. The molecular weight excluding hydrogens is 236 g/mol. The summed E-state index contributed by atoms with van der Waals surface area (Å²) < 4.78 is 12.2. The van der Waals surface area contributed by atoms with Crippen LogP contribution in [0.1, 0.15) is 34.6 Å². The van der Waals surface area contributed by atoms with Crippen molar-refractivity contribution in [3.8, 4) is 0 Å². The zero-order chi connectivity index (χ0) is 13.4. The molecule has 0 bridgehead atoms. The minimum absolute atomic E-state index is 0.126. The quantitative estimate of drug-likeness (QED) is 0.793. The van der Waals surface area contributed by atoms with Crippen LogP contribution in [-0.2, 0) is 10.8 Å². The molecule has 0 aromatic heterocycles. The minimum atomic E-state index is -1.32. The van der Waals surface area contributed by atoms with Crippen molar-refractivity contribution in [1.29, 1.82) is 0 Å². The van der Waals surface area contributed by atoms with Gasteiger partial charge < -0.3 is 5.11 Å². The third-order valence-electron chi connectivity index (χ3n) is 2.45. The Hall–Kier alpha value is 0.327. The largest absolute Gasteiger partial charge is 0.389 e. The van der Waals surface area contributed by atoms with Gasteiger partial charge in [0.15, 0.2) is 0 Å². The monoisotopic (exact) mass is 264 g/mol. The average Bonchev–Trinajstić information content (AvgIpc) is 1.93. The van der Waals surface area contributed by atoms with Gasteiger partial charge in [-0.3, -0.25) is 4.21 Å². The molecule has 0 unspecified atom stereocenters. The van der Waals surface area contributed by atoms with E-state index in [4.69, 9.17) is 0 Å². The topological polar surface area (TPSA) is 37.3 Å². The van der Waals surface area contributed by atoms with E-state index in [0.29, 0.717) is 0 Å². The molecule has 0 aliphatic rings. The van der Waals surface area contributed by atoms with E-state index in [2.05, 4.69) is 19.6 Å². The van der Waals surface area contributed by atoms with Crippen LogP contribution in [0.4, 0.5) is 0 Å². The van der Waals surface area contributed by atoms with E-state index in [-0.39, 0.29) is 10.00 Å². The highest BCUT2D eigenvalue weighted by Crippen LogP contribution is 2.30. The lowest BCUT2D eigenvalue weighted by Gasteiger charge is -2.36. The van der Waals surface area contributed by atoms with Gasteiger partial charge in [0.1, 0.15) is 0 Å². The van der Waals surface area contributed by atoms with Gasteiger partial charge in [0.25, 0.3) is 0 Å². The van der Waals surface area contributed by atoms with Crippen LogP contribution in [0.5, 0.6) is 0 Å². The molecule has 0 spiro atoms. The summed E-state index contributed by atoms with van der Waals surface area (Å²) in [6.45, 7) is 16.3. The van der Waals surface area contributed by atoms with E-state index in [0.717, 1.165) is 6.04 Å². The molecule has 0 aromatic carbocycles. The first kappa shape index (κ1) is 16.3. The van der Waals surface area contributed by atoms with Crippen LogP contribution in [0.2, 0.25) is 25.7 Å². The van der Waals surface area contributed by atoms with Crippen molar-refractivity contribution >= 4 is 18.9 Å². The van der Waals surface area contributed by atoms with E-state index in [9.17, 15) is 9.32 Å². The predicted octanol–water partition coefficient (Wildman–Crippen LogP) is 3.01. The Balaban J connectivity index is 5.06. The predicted molar refractivity (Wildman–Crippen MR) is 76.1 cm³/mol. The molecule has 0 heterocycles. The van der Waals surface area contributed by atoms with Gasteiger partial charge in [0.2, 0.25) is 0 Å². The summed E-state index contributed by atoms with van der Waals surface area (Å²) in [5.74, 6) is 0. The standard InChI is InChI=1S/C12H28O2SSi/c1-11(2,3)15(14)10(12(4,5)13)9-16(6,7)8/h10,13H,9H2,1-8H3/t10-,15-/m1/s1. The van der Waals surface area contributed by atoms with Gasteiger partial charge in [-0.15, -0.1) is 0 Å². The molecule has 0 aliphatic heterocycles. The Bertz CT molecular complexity index is 256. The van der Waals surface area contributed by atoms with Gasteiger partial charge in [-0.25, -0.2) is 0 Å². The maximum absolute atomic E-state index is 12.5. The lowest BCUT2D eigenvalue weighted by Crippen LogP contribution is -2.48. The van der Waals surface area contributed by atoms with E-state index >= 15 is 0 Å². The average molecular weight is 265 g/mol. The van der Waals surface area contributed by atoms with Crippen LogP contribution in [0.3, 0.4) is 0 Å². The highest BCUT2D eigenvalue weighted by atomic mass is 32.2. The number of rotatable bonds is 4. The lowest BCUT2D eigenvalue weighted by atomic mass is 10.1. The fraction of sp³-hybridized carbons (Fsp3) is 1.00.